The number of hydrogen-bond acceptors (Lipinski definition) is 14. The zero-order valence-electron chi connectivity index (χ0n) is 20.7. The fraction of sp³-hybridized carbons (Fsp3) is 0.423. The van der Waals surface area contributed by atoms with E-state index in [1.807, 2.05) is 0 Å². The molecule has 5 rings (SSSR count). The van der Waals surface area contributed by atoms with Gasteiger partial charge in [0.2, 0.25) is 6.29 Å². The van der Waals surface area contributed by atoms with Gasteiger partial charge in [-0.3, -0.25) is 4.79 Å². The number of aliphatic hydroxyl groups is 6. The van der Waals surface area contributed by atoms with E-state index >= 15 is 0 Å². The molecular formula is C26H28O14. The van der Waals surface area contributed by atoms with Gasteiger partial charge in [-0.2, -0.15) is 0 Å². The second-order valence-electron chi connectivity index (χ2n) is 9.55. The predicted octanol–water partition coefficient (Wildman–Crippen LogP) is -1.49. The Morgan fingerprint density at radius 2 is 1.52 bits per heavy atom. The largest absolute Gasteiger partial charge is 0.508 e. The number of ether oxygens (including phenoxy) is 4. The first-order valence-electron chi connectivity index (χ1n) is 12.3. The van der Waals surface area contributed by atoms with E-state index in [0.717, 1.165) is 6.07 Å². The smallest absolute Gasteiger partial charge is 0.229 e. The molecule has 0 spiro atoms. The van der Waals surface area contributed by atoms with Crippen molar-refractivity contribution in [2.75, 3.05) is 13.2 Å². The van der Waals surface area contributed by atoms with Gasteiger partial charge in [-0.25, -0.2) is 0 Å². The SMILES string of the molecule is O=c1cc(-c2ccc(O)cc2)oc2cc(O[C@@H]3O[C@H](CO[C@@H]4OC[C@@H](O)[C@H](O)[C@@H]4O)[C@@H](O)[C@H](O)[C@H]3O)cc(O)c12. The van der Waals surface area contributed by atoms with E-state index in [0.29, 0.717) is 5.56 Å². The lowest BCUT2D eigenvalue weighted by Crippen LogP contribution is -2.61. The molecule has 0 radical (unpaired) electrons. The Morgan fingerprint density at radius 1 is 0.825 bits per heavy atom. The number of aliphatic hydroxyl groups excluding tert-OH is 6. The minimum Gasteiger partial charge on any atom is -0.508 e. The van der Waals surface area contributed by atoms with E-state index < -0.39 is 73.1 Å². The van der Waals surface area contributed by atoms with Gasteiger partial charge in [0.05, 0.1) is 13.2 Å². The third-order valence-corrected chi connectivity index (χ3v) is 6.73. The Morgan fingerprint density at radius 3 is 2.25 bits per heavy atom. The number of phenolic OH excluding ortho intramolecular Hbond substituents is 2. The van der Waals surface area contributed by atoms with Crippen molar-refractivity contribution in [3.8, 4) is 28.6 Å². The highest BCUT2D eigenvalue weighted by Crippen LogP contribution is 2.33. The topological polar surface area (TPSA) is 229 Å². The van der Waals surface area contributed by atoms with Crippen LogP contribution in [0.5, 0.6) is 17.2 Å². The summed E-state index contributed by atoms with van der Waals surface area (Å²) in [5, 5.41) is 80.5. The molecule has 2 saturated heterocycles. The van der Waals surface area contributed by atoms with E-state index in [1.165, 1.54) is 36.4 Å². The van der Waals surface area contributed by atoms with Crippen molar-refractivity contribution in [2.45, 2.75) is 55.3 Å². The van der Waals surface area contributed by atoms with Gasteiger partial charge < -0.3 is 64.2 Å². The zero-order valence-corrected chi connectivity index (χ0v) is 20.7. The van der Waals surface area contributed by atoms with Crippen LogP contribution in [0.3, 0.4) is 0 Å². The first-order valence-corrected chi connectivity index (χ1v) is 12.3. The molecule has 0 amide bonds. The van der Waals surface area contributed by atoms with Crippen molar-refractivity contribution in [1.82, 2.24) is 0 Å². The molecule has 2 aliphatic heterocycles. The maximum Gasteiger partial charge on any atom is 0.229 e. The van der Waals surface area contributed by atoms with Crippen LogP contribution in [0.25, 0.3) is 22.3 Å². The van der Waals surface area contributed by atoms with Crippen molar-refractivity contribution >= 4 is 11.0 Å². The lowest BCUT2D eigenvalue weighted by atomic mass is 9.99. The Bertz CT molecular complexity index is 1390. The van der Waals surface area contributed by atoms with Gasteiger partial charge in [-0.05, 0) is 24.3 Å². The molecule has 40 heavy (non-hydrogen) atoms. The molecule has 0 saturated carbocycles. The summed E-state index contributed by atoms with van der Waals surface area (Å²) in [7, 11) is 0. The molecule has 8 N–H and O–H groups in total. The van der Waals surface area contributed by atoms with Crippen LogP contribution >= 0.6 is 0 Å². The van der Waals surface area contributed by atoms with Gasteiger partial charge in [0.25, 0.3) is 0 Å². The van der Waals surface area contributed by atoms with Gasteiger partial charge in [-0.15, -0.1) is 0 Å². The predicted molar refractivity (Wildman–Crippen MR) is 132 cm³/mol. The molecule has 2 fully saturated rings. The number of fused-ring (bicyclic) bond motifs is 1. The molecule has 14 heteroatoms. The molecule has 0 unspecified atom stereocenters. The standard InChI is InChI=1S/C26H28O14/c27-11-3-1-10(2-4-11)16-7-14(29)19-13(28)5-12(6-17(19)39-16)38-26-24(35)22(33)21(32)18(40-26)9-37-25-23(34)20(31)15(30)8-36-25/h1-7,15,18,20-28,30-35H,8-9H2/t15-,18-,20+,21-,22+,23+,24-,25+,26-/m1/s1. The van der Waals surface area contributed by atoms with Crippen LogP contribution in [0.15, 0.2) is 51.7 Å². The highest BCUT2D eigenvalue weighted by Gasteiger charge is 2.46. The summed E-state index contributed by atoms with van der Waals surface area (Å²) in [6.45, 7) is -0.802. The monoisotopic (exact) mass is 564 g/mol. The van der Waals surface area contributed by atoms with Gasteiger partial charge in [0.15, 0.2) is 11.7 Å². The number of rotatable bonds is 6. The molecule has 216 valence electrons. The van der Waals surface area contributed by atoms with Crippen molar-refractivity contribution < 1.29 is 64.2 Å². The molecule has 2 aromatic carbocycles. The van der Waals surface area contributed by atoms with Crippen LogP contribution in [0, 0.1) is 0 Å². The van der Waals surface area contributed by atoms with Crippen LogP contribution in [0.2, 0.25) is 0 Å². The fourth-order valence-electron chi connectivity index (χ4n) is 4.48. The molecule has 3 heterocycles. The quantitative estimate of drug-likeness (QED) is 0.171. The summed E-state index contributed by atoms with van der Waals surface area (Å²) in [6.07, 6.45) is -13.9. The Hall–Kier alpha value is -3.31. The van der Waals surface area contributed by atoms with Gasteiger partial charge in [0, 0.05) is 23.8 Å². The molecule has 9 atom stereocenters. The fourth-order valence-corrected chi connectivity index (χ4v) is 4.48. The number of phenols is 2. The molecule has 1 aromatic heterocycles. The van der Waals surface area contributed by atoms with E-state index in [4.69, 9.17) is 23.4 Å². The lowest BCUT2D eigenvalue weighted by molar-refractivity contribution is -0.307. The number of benzene rings is 2. The minimum absolute atomic E-state index is 0.0149. The van der Waals surface area contributed by atoms with Crippen LogP contribution in [0.4, 0.5) is 0 Å². The average molecular weight is 564 g/mol. The Kier molecular flexibility index (Phi) is 7.96. The molecule has 0 aliphatic carbocycles. The molecule has 2 aliphatic rings. The molecule has 0 bridgehead atoms. The summed E-state index contributed by atoms with van der Waals surface area (Å²) in [4.78, 5) is 12.7. The number of hydrogen-bond donors (Lipinski definition) is 8. The first-order chi connectivity index (χ1) is 19.0. The normalized spacial score (nSPS) is 32.7. The van der Waals surface area contributed by atoms with E-state index in [9.17, 15) is 45.6 Å². The van der Waals surface area contributed by atoms with Crippen molar-refractivity contribution in [3.05, 3.63) is 52.7 Å². The average Bonchev–Trinajstić information content (AvgIpc) is 2.92. The minimum atomic E-state index is -1.76. The van der Waals surface area contributed by atoms with E-state index in [-0.39, 0.29) is 34.8 Å². The lowest BCUT2D eigenvalue weighted by Gasteiger charge is -2.41. The van der Waals surface area contributed by atoms with Crippen molar-refractivity contribution in [1.29, 1.82) is 0 Å². The summed E-state index contributed by atoms with van der Waals surface area (Å²) in [5.74, 6) is -0.454. The van der Waals surface area contributed by atoms with Crippen molar-refractivity contribution in [3.63, 3.8) is 0 Å². The first kappa shape index (κ1) is 28.2. The Balaban J connectivity index is 1.35. The van der Waals surface area contributed by atoms with Crippen LogP contribution in [-0.4, -0.2) is 109 Å². The Labute approximate surface area is 225 Å². The van der Waals surface area contributed by atoms with Crippen molar-refractivity contribution in [2.24, 2.45) is 0 Å². The van der Waals surface area contributed by atoms with Gasteiger partial charge in [0.1, 0.15) is 76.7 Å². The molecule has 14 nitrogen and oxygen atoms in total. The second kappa shape index (κ2) is 11.3. The highest BCUT2D eigenvalue weighted by atomic mass is 16.7. The van der Waals surface area contributed by atoms with Gasteiger partial charge in [-0.1, -0.05) is 0 Å². The number of aromatic hydroxyl groups is 2. The zero-order chi connectivity index (χ0) is 28.7. The summed E-state index contributed by atoms with van der Waals surface area (Å²) >= 11 is 0. The molecule has 3 aromatic rings. The second-order valence-corrected chi connectivity index (χ2v) is 9.55. The van der Waals surface area contributed by atoms with Crippen LogP contribution < -0.4 is 10.2 Å². The van der Waals surface area contributed by atoms with Crippen LogP contribution in [-0.2, 0) is 14.2 Å². The van der Waals surface area contributed by atoms with E-state index in [1.54, 1.807) is 0 Å². The summed E-state index contributed by atoms with van der Waals surface area (Å²) in [5.41, 5.74) is -0.147. The summed E-state index contributed by atoms with van der Waals surface area (Å²) in [6, 6.07) is 9.39. The highest BCUT2D eigenvalue weighted by molar-refractivity contribution is 5.86. The third-order valence-electron chi connectivity index (χ3n) is 6.73. The van der Waals surface area contributed by atoms with Gasteiger partial charge >= 0.3 is 0 Å². The maximum atomic E-state index is 12.7. The maximum absolute atomic E-state index is 12.7. The molecular weight excluding hydrogens is 536 g/mol. The van der Waals surface area contributed by atoms with Crippen LogP contribution in [0.1, 0.15) is 0 Å². The van der Waals surface area contributed by atoms with E-state index in [2.05, 4.69) is 0 Å². The summed E-state index contributed by atoms with van der Waals surface area (Å²) < 4.78 is 27.5. The third kappa shape index (κ3) is 5.49.